The number of benzene rings is 2. The molecule has 4 aromatic rings. The maximum absolute atomic E-state index is 5.46. The minimum absolute atomic E-state index is 0.290. The summed E-state index contributed by atoms with van der Waals surface area (Å²) in [6.07, 6.45) is 2.00. The first-order chi connectivity index (χ1) is 12.2. The van der Waals surface area contributed by atoms with E-state index in [0.717, 1.165) is 39.2 Å². The SMILES string of the molecule is COc1ccccc1-c1c[nH]c(-c2ccc3c(c2)nnn3C(C)C)c1. The van der Waals surface area contributed by atoms with Crippen LogP contribution in [-0.4, -0.2) is 27.1 Å². The van der Waals surface area contributed by atoms with Crippen molar-refractivity contribution in [1.29, 1.82) is 0 Å². The van der Waals surface area contributed by atoms with Gasteiger partial charge in [-0.15, -0.1) is 5.10 Å². The van der Waals surface area contributed by atoms with Gasteiger partial charge < -0.3 is 9.72 Å². The van der Waals surface area contributed by atoms with Gasteiger partial charge in [0.2, 0.25) is 0 Å². The van der Waals surface area contributed by atoms with Crippen LogP contribution in [0.1, 0.15) is 19.9 Å². The highest BCUT2D eigenvalue weighted by molar-refractivity contribution is 5.82. The number of aromatic nitrogens is 4. The average molecular weight is 332 g/mol. The zero-order chi connectivity index (χ0) is 17.4. The minimum Gasteiger partial charge on any atom is -0.496 e. The Kier molecular flexibility index (Phi) is 3.76. The van der Waals surface area contributed by atoms with Crippen molar-refractivity contribution in [3.63, 3.8) is 0 Å². The van der Waals surface area contributed by atoms with Crippen LogP contribution in [0.25, 0.3) is 33.4 Å². The highest BCUT2D eigenvalue weighted by Gasteiger charge is 2.11. The quantitative estimate of drug-likeness (QED) is 0.590. The van der Waals surface area contributed by atoms with Crippen molar-refractivity contribution in [3.05, 3.63) is 54.7 Å². The first-order valence-corrected chi connectivity index (χ1v) is 8.34. The molecule has 0 bridgehead atoms. The standard InChI is InChI=1S/C20H20N4O/c1-13(2)24-19-9-8-14(10-18(19)22-23-24)17-11-15(12-21-17)16-6-4-5-7-20(16)25-3/h4-13,21H,1-3H3. The number of fused-ring (bicyclic) bond motifs is 1. The summed E-state index contributed by atoms with van der Waals surface area (Å²) >= 11 is 0. The molecule has 2 heterocycles. The molecule has 25 heavy (non-hydrogen) atoms. The first kappa shape index (κ1) is 15.4. The van der Waals surface area contributed by atoms with Gasteiger partial charge in [0.15, 0.2) is 0 Å². The van der Waals surface area contributed by atoms with E-state index < -0.39 is 0 Å². The van der Waals surface area contributed by atoms with Gasteiger partial charge in [0.05, 0.1) is 12.6 Å². The Hall–Kier alpha value is -3.08. The molecule has 0 spiro atoms. The van der Waals surface area contributed by atoms with Gasteiger partial charge in [-0.05, 0) is 38.1 Å². The summed E-state index contributed by atoms with van der Waals surface area (Å²) in [6.45, 7) is 4.21. The fourth-order valence-electron chi connectivity index (χ4n) is 3.09. The van der Waals surface area contributed by atoms with Crippen molar-refractivity contribution < 1.29 is 4.74 Å². The lowest BCUT2D eigenvalue weighted by Crippen LogP contribution is -2.02. The van der Waals surface area contributed by atoms with E-state index in [1.165, 1.54) is 0 Å². The third kappa shape index (κ3) is 2.67. The molecule has 0 fully saturated rings. The zero-order valence-corrected chi connectivity index (χ0v) is 14.5. The summed E-state index contributed by atoms with van der Waals surface area (Å²) < 4.78 is 7.40. The molecule has 2 aromatic carbocycles. The van der Waals surface area contributed by atoms with E-state index in [9.17, 15) is 0 Å². The van der Waals surface area contributed by atoms with Crippen LogP contribution >= 0.6 is 0 Å². The van der Waals surface area contributed by atoms with Crippen LogP contribution in [0.2, 0.25) is 0 Å². The van der Waals surface area contributed by atoms with Gasteiger partial charge in [0, 0.05) is 34.6 Å². The van der Waals surface area contributed by atoms with Crippen LogP contribution in [-0.2, 0) is 0 Å². The van der Waals surface area contributed by atoms with Gasteiger partial charge >= 0.3 is 0 Å². The number of hydrogen-bond acceptors (Lipinski definition) is 3. The van der Waals surface area contributed by atoms with E-state index in [1.54, 1.807) is 7.11 Å². The second-order valence-electron chi connectivity index (χ2n) is 6.33. The molecule has 0 aliphatic heterocycles. The summed E-state index contributed by atoms with van der Waals surface area (Å²) in [5.41, 5.74) is 6.25. The van der Waals surface area contributed by atoms with Gasteiger partial charge in [-0.25, -0.2) is 4.68 Å². The monoisotopic (exact) mass is 332 g/mol. The molecule has 1 N–H and O–H groups in total. The Labute approximate surface area is 146 Å². The third-order valence-electron chi connectivity index (χ3n) is 4.37. The van der Waals surface area contributed by atoms with Crippen LogP contribution in [0.15, 0.2) is 54.7 Å². The lowest BCUT2D eigenvalue weighted by molar-refractivity contribution is 0.416. The van der Waals surface area contributed by atoms with Crippen LogP contribution in [0.4, 0.5) is 0 Å². The average Bonchev–Trinajstić information content (AvgIpc) is 3.28. The van der Waals surface area contributed by atoms with Crippen LogP contribution in [0.3, 0.4) is 0 Å². The number of methoxy groups -OCH3 is 1. The molecule has 0 aliphatic rings. The van der Waals surface area contributed by atoms with Crippen LogP contribution in [0, 0.1) is 0 Å². The second kappa shape index (κ2) is 6.09. The third-order valence-corrected chi connectivity index (χ3v) is 4.37. The lowest BCUT2D eigenvalue weighted by Gasteiger charge is -2.06. The van der Waals surface area contributed by atoms with Crippen LogP contribution in [0.5, 0.6) is 5.75 Å². The van der Waals surface area contributed by atoms with Crippen molar-refractivity contribution >= 4 is 11.0 Å². The Morgan fingerprint density at radius 3 is 2.68 bits per heavy atom. The molecular weight excluding hydrogens is 312 g/mol. The molecule has 126 valence electrons. The predicted octanol–water partition coefficient (Wildman–Crippen LogP) is 4.68. The maximum Gasteiger partial charge on any atom is 0.126 e. The Balaban J connectivity index is 1.74. The van der Waals surface area contributed by atoms with E-state index in [4.69, 9.17) is 4.74 Å². The Morgan fingerprint density at radius 1 is 1.04 bits per heavy atom. The predicted molar refractivity (Wildman–Crippen MR) is 99.7 cm³/mol. The number of nitrogens with zero attached hydrogens (tertiary/aromatic N) is 3. The topological polar surface area (TPSA) is 55.7 Å². The summed E-state index contributed by atoms with van der Waals surface area (Å²) in [7, 11) is 1.69. The maximum atomic E-state index is 5.46. The molecule has 0 saturated carbocycles. The second-order valence-corrected chi connectivity index (χ2v) is 6.33. The van der Waals surface area contributed by atoms with Crippen molar-refractivity contribution in [2.75, 3.05) is 7.11 Å². The minimum atomic E-state index is 0.290. The number of rotatable bonds is 4. The molecule has 5 nitrogen and oxygen atoms in total. The zero-order valence-electron chi connectivity index (χ0n) is 14.5. The van der Waals surface area contributed by atoms with Gasteiger partial charge in [0.25, 0.3) is 0 Å². The molecular formula is C20H20N4O. The number of hydrogen-bond donors (Lipinski definition) is 1. The molecule has 0 amide bonds. The highest BCUT2D eigenvalue weighted by atomic mass is 16.5. The Morgan fingerprint density at radius 2 is 1.88 bits per heavy atom. The van der Waals surface area contributed by atoms with Gasteiger partial charge in [0.1, 0.15) is 11.3 Å². The molecule has 0 aliphatic carbocycles. The summed E-state index contributed by atoms with van der Waals surface area (Å²) in [6, 6.07) is 16.7. The molecule has 0 unspecified atom stereocenters. The molecule has 5 heteroatoms. The van der Waals surface area contributed by atoms with E-state index in [-0.39, 0.29) is 0 Å². The molecule has 0 radical (unpaired) electrons. The highest BCUT2D eigenvalue weighted by Crippen LogP contribution is 2.33. The lowest BCUT2D eigenvalue weighted by atomic mass is 10.1. The smallest absolute Gasteiger partial charge is 0.126 e. The normalized spacial score (nSPS) is 11.4. The number of para-hydroxylation sites is 1. The van der Waals surface area contributed by atoms with E-state index >= 15 is 0 Å². The summed E-state index contributed by atoms with van der Waals surface area (Å²) in [5, 5.41) is 8.54. The number of ether oxygens (including phenoxy) is 1. The molecule has 0 saturated heterocycles. The van der Waals surface area contributed by atoms with Gasteiger partial charge in [-0.2, -0.15) is 0 Å². The Bertz CT molecular complexity index is 1030. The summed E-state index contributed by atoms with van der Waals surface area (Å²) in [5.74, 6) is 0.864. The molecule has 0 atom stereocenters. The van der Waals surface area contributed by atoms with Crippen molar-refractivity contribution in [2.45, 2.75) is 19.9 Å². The fraction of sp³-hybridized carbons (Fsp3) is 0.200. The first-order valence-electron chi connectivity index (χ1n) is 8.34. The largest absolute Gasteiger partial charge is 0.496 e. The van der Waals surface area contributed by atoms with Crippen LogP contribution < -0.4 is 4.74 Å². The van der Waals surface area contributed by atoms with Gasteiger partial charge in [-0.3, -0.25) is 0 Å². The fourth-order valence-corrected chi connectivity index (χ4v) is 3.09. The van der Waals surface area contributed by atoms with E-state index in [1.807, 2.05) is 29.1 Å². The number of nitrogens with one attached hydrogen (secondary N) is 1. The molecule has 2 aromatic heterocycles. The number of H-pyrrole nitrogens is 1. The van der Waals surface area contributed by atoms with Crippen molar-refractivity contribution in [2.24, 2.45) is 0 Å². The van der Waals surface area contributed by atoms with Gasteiger partial charge in [-0.1, -0.05) is 29.5 Å². The summed E-state index contributed by atoms with van der Waals surface area (Å²) in [4.78, 5) is 3.36. The van der Waals surface area contributed by atoms with Crippen molar-refractivity contribution in [3.8, 4) is 28.1 Å². The van der Waals surface area contributed by atoms with E-state index in [0.29, 0.717) is 6.04 Å². The van der Waals surface area contributed by atoms with Crippen molar-refractivity contribution in [1.82, 2.24) is 20.0 Å². The number of aromatic amines is 1. The van der Waals surface area contributed by atoms with E-state index in [2.05, 4.69) is 59.5 Å². The molecule has 4 rings (SSSR count).